The van der Waals surface area contributed by atoms with E-state index in [0.29, 0.717) is 22.1 Å². The van der Waals surface area contributed by atoms with E-state index in [4.69, 9.17) is 32.4 Å². The summed E-state index contributed by atoms with van der Waals surface area (Å²) in [6.45, 7) is -1.41. The fourth-order valence-corrected chi connectivity index (χ4v) is 3.72. The van der Waals surface area contributed by atoms with Crippen molar-refractivity contribution in [2.24, 2.45) is 0 Å². The van der Waals surface area contributed by atoms with E-state index in [1.165, 1.54) is 37.7 Å². The van der Waals surface area contributed by atoms with Gasteiger partial charge in [0, 0.05) is 28.9 Å². The maximum Gasteiger partial charge on any atom is 0.294 e. The van der Waals surface area contributed by atoms with Crippen LogP contribution in [0.2, 0.25) is 10.0 Å². The summed E-state index contributed by atoms with van der Waals surface area (Å²) in [5.74, 6) is -2.47. The number of nitrogens with zero attached hydrogens (tertiary/aromatic N) is 1. The van der Waals surface area contributed by atoms with Crippen LogP contribution in [0.5, 0.6) is 5.75 Å². The van der Waals surface area contributed by atoms with E-state index in [2.05, 4.69) is 15.6 Å². The van der Waals surface area contributed by atoms with Gasteiger partial charge in [0.1, 0.15) is 5.58 Å². The summed E-state index contributed by atoms with van der Waals surface area (Å²) >= 11 is 12.2. The first-order chi connectivity index (χ1) is 15.8. The average Bonchev–Trinajstić information content (AvgIpc) is 3.19. The van der Waals surface area contributed by atoms with Gasteiger partial charge in [-0.05, 0) is 30.3 Å². The molecule has 0 aliphatic carbocycles. The van der Waals surface area contributed by atoms with Crippen molar-refractivity contribution in [3.8, 4) is 5.75 Å². The molecule has 2 N–H and O–H groups in total. The van der Waals surface area contributed by atoms with E-state index in [-0.39, 0.29) is 32.6 Å². The minimum Gasteiger partial charge on any atom is -0.493 e. The molecule has 0 aliphatic heterocycles. The number of carbonyl (C=O) groups is 3. The third-order valence-corrected chi connectivity index (χ3v) is 5.34. The molecule has 0 radical (unpaired) electrons. The lowest BCUT2D eigenvalue weighted by molar-refractivity contribution is -0.135. The first-order valence-electron chi connectivity index (χ1n) is 9.37. The van der Waals surface area contributed by atoms with Crippen molar-refractivity contribution >= 4 is 74.1 Å². The van der Waals surface area contributed by atoms with Crippen molar-refractivity contribution < 1.29 is 27.9 Å². The number of rotatable bonds is 6. The van der Waals surface area contributed by atoms with E-state index in [1.807, 2.05) is 0 Å². The van der Waals surface area contributed by atoms with Crippen LogP contribution in [0.3, 0.4) is 0 Å². The van der Waals surface area contributed by atoms with Gasteiger partial charge >= 0.3 is 0 Å². The number of benzene rings is 2. The Kier molecular flexibility index (Phi) is 6.17. The van der Waals surface area contributed by atoms with Crippen molar-refractivity contribution in [1.82, 2.24) is 4.98 Å². The van der Waals surface area contributed by atoms with Crippen LogP contribution < -0.4 is 15.4 Å². The summed E-state index contributed by atoms with van der Waals surface area (Å²) in [5, 5.41) is 6.14. The van der Waals surface area contributed by atoms with Gasteiger partial charge in [-0.15, -0.1) is 0 Å². The topological polar surface area (TPSA) is 111 Å². The molecule has 0 saturated carbocycles. The number of nitrogens with one attached hydrogen (secondary N) is 2. The molecule has 11 heteroatoms. The van der Waals surface area contributed by atoms with Gasteiger partial charge in [0.05, 0.1) is 28.4 Å². The number of anilines is 2. The van der Waals surface area contributed by atoms with Gasteiger partial charge in [-0.3, -0.25) is 19.4 Å². The molecule has 4 rings (SSSR count). The molecule has 8 nitrogen and oxygen atoms in total. The second kappa shape index (κ2) is 9.05. The number of fused-ring (bicyclic) bond motifs is 3. The molecule has 0 bridgehead atoms. The molecular formula is C22H14Cl2FN3O5. The van der Waals surface area contributed by atoms with Gasteiger partial charge in [0.25, 0.3) is 17.6 Å². The summed E-state index contributed by atoms with van der Waals surface area (Å²) in [6, 6.07) is 7.64. The van der Waals surface area contributed by atoms with Crippen molar-refractivity contribution in [2.75, 3.05) is 24.4 Å². The number of halogens is 3. The zero-order valence-electron chi connectivity index (χ0n) is 16.9. The fraction of sp³-hybridized carbons (Fsp3) is 0.0909. The maximum absolute atomic E-state index is 13.2. The predicted molar refractivity (Wildman–Crippen MR) is 122 cm³/mol. The highest BCUT2D eigenvalue weighted by Crippen LogP contribution is 2.39. The molecule has 2 aromatic heterocycles. The molecule has 2 heterocycles. The summed E-state index contributed by atoms with van der Waals surface area (Å²) in [5.41, 5.74) is 1.28. The lowest BCUT2D eigenvalue weighted by atomic mass is 10.0. The van der Waals surface area contributed by atoms with E-state index in [0.717, 1.165) is 0 Å². The van der Waals surface area contributed by atoms with Gasteiger partial charge in [-0.1, -0.05) is 23.2 Å². The van der Waals surface area contributed by atoms with Crippen LogP contribution in [0.15, 0.2) is 47.1 Å². The number of amides is 2. The standard InChI is InChI=1S/C22H14Cl2FN3O5/c1-32-17-5-3-11(21(30)28-19-13(23)8-26-9-14(19)24)18-12-6-10(27-22(31)15(29)7-25)2-4-16(12)33-20(17)18/h2-6,8-9H,7H2,1H3,(H,27,31)(H,26,28,30). The molecule has 4 aromatic rings. The third-order valence-electron chi connectivity index (χ3n) is 4.77. The zero-order valence-corrected chi connectivity index (χ0v) is 18.4. The number of hydrogen-bond donors (Lipinski definition) is 2. The number of alkyl halides is 1. The molecule has 0 unspecified atom stereocenters. The largest absolute Gasteiger partial charge is 0.493 e. The molecule has 0 spiro atoms. The first kappa shape index (κ1) is 22.5. The molecule has 2 aromatic carbocycles. The van der Waals surface area contributed by atoms with Crippen molar-refractivity contribution in [2.45, 2.75) is 0 Å². The second-order valence-corrected chi connectivity index (χ2v) is 7.59. The Morgan fingerprint density at radius 3 is 2.48 bits per heavy atom. The summed E-state index contributed by atoms with van der Waals surface area (Å²) < 4.78 is 23.7. The van der Waals surface area contributed by atoms with Gasteiger partial charge in [0.2, 0.25) is 0 Å². The number of Topliss-reactive ketones (excluding diaryl/α,β-unsaturated/α-hetero) is 1. The number of methoxy groups -OCH3 is 1. The van der Waals surface area contributed by atoms with Crippen LogP contribution in [-0.2, 0) is 9.59 Å². The monoisotopic (exact) mass is 489 g/mol. The Labute approximate surface area is 195 Å². The number of pyridine rings is 1. The molecular weight excluding hydrogens is 476 g/mol. The Morgan fingerprint density at radius 2 is 1.82 bits per heavy atom. The molecule has 168 valence electrons. The maximum atomic E-state index is 13.2. The zero-order chi connectivity index (χ0) is 23.7. The molecule has 2 amide bonds. The summed E-state index contributed by atoms with van der Waals surface area (Å²) in [6.07, 6.45) is 2.68. The number of furan rings is 1. The van der Waals surface area contributed by atoms with E-state index in [9.17, 15) is 18.8 Å². The summed E-state index contributed by atoms with van der Waals surface area (Å²) in [7, 11) is 1.45. The number of hydrogen-bond acceptors (Lipinski definition) is 6. The van der Waals surface area contributed by atoms with Crippen molar-refractivity contribution in [3.05, 3.63) is 58.3 Å². The highest BCUT2D eigenvalue weighted by molar-refractivity contribution is 6.41. The number of ether oxygens (including phenoxy) is 1. The van der Waals surface area contributed by atoms with Crippen LogP contribution in [0, 0.1) is 0 Å². The van der Waals surface area contributed by atoms with Crippen LogP contribution in [0.25, 0.3) is 21.9 Å². The number of aromatic nitrogens is 1. The van der Waals surface area contributed by atoms with Crippen LogP contribution in [0.4, 0.5) is 15.8 Å². The Morgan fingerprint density at radius 1 is 1.09 bits per heavy atom. The molecule has 0 fully saturated rings. The van der Waals surface area contributed by atoms with Gasteiger partial charge in [-0.2, -0.15) is 0 Å². The van der Waals surface area contributed by atoms with Crippen LogP contribution >= 0.6 is 23.2 Å². The van der Waals surface area contributed by atoms with Crippen LogP contribution in [0.1, 0.15) is 10.4 Å². The molecule has 33 heavy (non-hydrogen) atoms. The SMILES string of the molecule is COc1ccc(C(=O)Nc2c(Cl)cncc2Cl)c2c1oc1ccc(NC(=O)C(=O)CF)cc12. The average molecular weight is 490 g/mol. The minimum atomic E-state index is -1.41. The Hall–Kier alpha value is -3.69. The normalized spacial score (nSPS) is 10.9. The highest BCUT2D eigenvalue weighted by atomic mass is 35.5. The summed E-state index contributed by atoms with van der Waals surface area (Å²) in [4.78, 5) is 40.1. The highest BCUT2D eigenvalue weighted by Gasteiger charge is 2.22. The second-order valence-electron chi connectivity index (χ2n) is 6.78. The Balaban J connectivity index is 1.85. The minimum absolute atomic E-state index is 0.153. The first-order valence-corrected chi connectivity index (χ1v) is 10.1. The van der Waals surface area contributed by atoms with Gasteiger partial charge < -0.3 is 19.8 Å². The number of ketones is 1. The lowest BCUT2D eigenvalue weighted by Gasteiger charge is -2.10. The third kappa shape index (κ3) is 4.20. The lowest BCUT2D eigenvalue weighted by Crippen LogP contribution is -2.23. The fourth-order valence-electron chi connectivity index (χ4n) is 3.26. The molecule has 0 saturated heterocycles. The van der Waals surface area contributed by atoms with E-state index in [1.54, 1.807) is 12.1 Å². The number of carbonyl (C=O) groups excluding carboxylic acids is 3. The smallest absolute Gasteiger partial charge is 0.294 e. The van der Waals surface area contributed by atoms with Crippen LogP contribution in [-0.4, -0.2) is 36.4 Å². The van der Waals surface area contributed by atoms with Gasteiger partial charge in [-0.25, -0.2) is 4.39 Å². The predicted octanol–water partition coefficient (Wildman–Crippen LogP) is 5.03. The molecule has 0 atom stereocenters. The van der Waals surface area contributed by atoms with E-state index >= 15 is 0 Å². The van der Waals surface area contributed by atoms with Crippen molar-refractivity contribution in [3.63, 3.8) is 0 Å². The molecule has 0 aliphatic rings. The Bertz CT molecular complexity index is 1420. The van der Waals surface area contributed by atoms with Crippen molar-refractivity contribution in [1.29, 1.82) is 0 Å². The van der Waals surface area contributed by atoms with Gasteiger partial charge in [0.15, 0.2) is 18.0 Å². The quantitative estimate of drug-likeness (QED) is 0.367. The van der Waals surface area contributed by atoms with E-state index < -0.39 is 24.3 Å².